The van der Waals surface area contributed by atoms with Crippen LogP contribution in [0.3, 0.4) is 0 Å². The van der Waals surface area contributed by atoms with Gasteiger partial charge in [-0.2, -0.15) is 0 Å². The predicted molar refractivity (Wildman–Crippen MR) is 67.4 cm³/mol. The molecule has 0 aliphatic carbocycles. The van der Waals surface area contributed by atoms with Crippen molar-refractivity contribution in [3.05, 3.63) is 33.9 Å². The first kappa shape index (κ1) is 13.4. The highest BCUT2D eigenvalue weighted by atomic mass is 16.6. The van der Waals surface area contributed by atoms with Gasteiger partial charge in [0.25, 0.3) is 5.69 Å². The van der Waals surface area contributed by atoms with Gasteiger partial charge in [0.15, 0.2) is 0 Å². The molecule has 5 heteroatoms. The SMILES string of the molecule is CCC(COC)Nc1cc(C)cc([N+](=O)[O-])c1. The summed E-state index contributed by atoms with van der Waals surface area (Å²) in [4.78, 5) is 10.4. The van der Waals surface area contributed by atoms with Gasteiger partial charge in [0.1, 0.15) is 0 Å². The molecule has 1 aromatic rings. The largest absolute Gasteiger partial charge is 0.383 e. The lowest BCUT2D eigenvalue weighted by Crippen LogP contribution is -2.23. The Morgan fingerprint density at radius 1 is 1.47 bits per heavy atom. The molecule has 0 radical (unpaired) electrons. The number of benzene rings is 1. The van der Waals surface area contributed by atoms with E-state index in [9.17, 15) is 10.1 Å². The summed E-state index contributed by atoms with van der Waals surface area (Å²) in [5.41, 5.74) is 1.74. The minimum atomic E-state index is -0.380. The Morgan fingerprint density at radius 3 is 2.71 bits per heavy atom. The number of hydrogen-bond donors (Lipinski definition) is 1. The van der Waals surface area contributed by atoms with Gasteiger partial charge >= 0.3 is 0 Å². The Labute approximate surface area is 101 Å². The number of nitro benzene ring substituents is 1. The molecule has 0 saturated heterocycles. The molecule has 1 rings (SSSR count). The van der Waals surface area contributed by atoms with Crippen molar-refractivity contribution in [1.29, 1.82) is 0 Å². The molecule has 0 aliphatic heterocycles. The summed E-state index contributed by atoms with van der Waals surface area (Å²) in [5, 5.41) is 14.0. The molecule has 0 saturated carbocycles. The van der Waals surface area contributed by atoms with Gasteiger partial charge in [0.2, 0.25) is 0 Å². The van der Waals surface area contributed by atoms with Gasteiger partial charge in [-0.3, -0.25) is 10.1 Å². The highest BCUT2D eigenvalue weighted by Crippen LogP contribution is 2.21. The number of nitro groups is 1. The van der Waals surface area contributed by atoms with E-state index in [1.54, 1.807) is 19.2 Å². The van der Waals surface area contributed by atoms with Crippen LogP contribution in [0, 0.1) is 17.0 Å². The first-order chi connectivity index (χ1) is 8.06. The van der Waals surface area contributed by atoms with E-state index in [-0.39, 0.29) is 16.7 Å². The minimum Gasteiger partial charge on any atom is -0.383 e. The van der Waals surface area contributed by atoms with Crippen molar-refractivity contribution >= 4 is 11.4 Å². The molecule has 1 N–H and O–H groups in total. The normalized spacial score (nSPS) is 12.2. The minimum absolute atomic E-state index is 0.111. The molecular weight excluding hydrogens is 220 g/mol. The van der Waals surface area contributed by atoms with E-state index in [0.29, 0.717) is 6.61 Å². The van der Waals surface area contributed by atoms with Gasteiger partial charge in [-0.1, -0.05) is 6.92 Å². The Kier molecular flexibility index (Phi) is 4.90. The van der Waals surface area contributed by atoms with E-state index in [4.69, 9.17) is 4.74 Å². The fourth-order valence-corrected chi connectivity index (χ4v) is 1.65. The Bertz CT molecular complexity index is 393. The maximum atomic E-state index is 10.7. The lowest BCUT2D eigenvalue weighted by atomic mass is 10.1. The van der Waals surface area contributed by atoms with E-state index in [0.717, 1.165) is 17.7 Å². The monoisotopic (exact) mass is 238 g/mol. The fraction of sp³-hybridized carbons (Fsp3) is 0.500. The number of rotatable bonds is 6. The molecule has 0 aliphatic rings. The van der Waals surface area contributed by atoms with Crippen molar-refractivity contribution in [3.63, 3.8) is 0 Å². The van der Waals surface area contributed by atoms with Crippen LogP contribution < -0.4 is 5.32 Å². The molecule has 0 heterocycles. The maximum Gasteiger partial charge on any atom is 0.271 e. The van der Waals surface area contributed by atoms with Crippen molar-refractivity contribution in [3.8, 4) is 0 Å². The molecule has 0 amide bonds. The number of ether oxygens (including phenoxy) is 1. The highest BCUT2D eigenvalue weighted by molar-refractivity contribution is 5.54. The molecule has 0 bridgehead atoms. The average molecular weight is 238 g/mol. The molecule has 17 heavy (non-hydrogen) atoms. The smallest absolute Gasteiger partial charge is 0.271 e. The quantitative estimate of drug-likeness (QED) is 0.611. The van der Waals surface area contributed by atoms with Crippen LogP contribution in [0.15, 0.2) is 18.2 Å². The van der Waals surface area contributed by atoms with Gasteiger partial charge in [-0.15, -0.1) is 0 Å². The zero-order chi connectivity index (χ0) is 12.8. The first-order valence-electron chi connectivity index (χ1n) is 5.58. The summed E-state index contributed by atoms with van der Waals surface area (Å²) in [6.07, 6.45) is 0.898. The number of aryl methyl sites for hydroxylation is 1. The summed E-state index contributed by atoms with van der Waals surface area (Å²) >= 11 is 0. The molecular formula is C12H18N2O3. The highest BCUT2D eigenvalue weighted by Gasteiger charge is 2.11. The molecule has 0 fully saturated rings. The van der Waals surface area contributed by atoms with Gasteiger partial charge < -0.3 is 10.1 Å². The van der Waals surface area contributed by atoms with Crippen LogP contribution in [-0.2, 0) is 4.74 Å². The van der Waals surface area contributed by atoms with Crippen molar-refractivity contribution in [2.75, 3.05) is 19.0 Å². The Morgan fingerprint density at radius 2 is 2.18 bits per heavy atom. The van der Waals surface area contributed by atoms with Crippen molar-refractivity contribution < 1.29 is 9.66 Å². The second kappa shape index (κ2) is 6.20. The fourth-order valence-electron chi connectivity index (χ4n) is 1.65. The van der Waals surface area contributed by atoms with Gasteiger partial charge in [0.05, 0.1) is 11.5 Å². The molecule has 1 aromatic carbocycles. The third-order valence-electron chi connectivity index (χ3n) is 2.50. The van der Waals surface area contributed by atoms with Crippen LogP contribution in [0.4, 0.5) is 11.4 Å². The Hall–Kier alpha value is -1.62. The van der Waals surface area contributed by atoms with Crippen LogP contribution in [0.1, 0.15) is 18.9 Å². The first-order valence-corrected chi connectivity index (χ1v) is 5.58. The predicted octanol–water partition coefficient (Wildman–Crippen LogP) is 2.74. The van der Waals surface area contributed by atoms with E-state index < -0.39 is 0 Å². The summed E-state index contributed by atoms with van der Waals surface area (Å²) in [7, 11) is 1.64. The number of anilines is 1. The maximum absolute atomic E-state index is 10.7. The third kappa shape index (κ3) is 4.03. The van der Waals surface area contributed by atoms with Crippen LogP contribution in [-0.4, -0.2) is 24.7 Å². The molecule has 1 atom stereocenters. The summed E-state index contributed by atoms with van der Waals surface area (Å²) in [6, 6.07) is 5.17. The number of hydrogen-bond acceptors (Lipinski definition) is 4. The van der Waals surface area contributed by atoms with Crippen molar-refractivity contribution in [1.82, 2.24) is 0 Å². The molecule has 5 nitrogen and oxygen atoms in total. The number of nitrogens with zero attached hydrogens (tertiary/aromatic N) is 1. The van der Waals surface area contributed by atoms with E-state index in [2.05, 4.69) is 5.32 Å². The van der Waals surface area contributed by atoms with Crippen LogP contribution in [0.5, 0.6) is 0 Å². The summed E-state index contributed by atoms with van der Waals surface area (Å²) in [6.45, 7) is 4.47. The van der Waals surface area contributed by atoms with Gasteiger partial charge in [-0.05, 0) is 25.0 Å². The van der Waals surface area contributed by atoms with Crippen LogP contribution >= 0.6 is 0 Å². The summed E-state index contributed by atoms with van der Waals surface area (Å²) < 4.78 is 5.08. The lowest BCUT2D eigenvalue weighted by Gasteiger charge is -2.17. The molecule has 1 unspecified atom stereocenters. The number of nitrogens with one attached hydrogen (secondary N) is 1. The third-order valence-corrected chi connectivity index (χ3v) is 2.50. The second-order valence-electron chi connectivity index (χ2n) is 4.02. The lowest BCUT2D eigenvalue weighted by molar-refractivity contribution is -0.384. The topological polar surface area (TPSA) is 64.4 Å². The molecule has 94 valence electrons. The van der Waals surface area contributed by atoms with E-state index >= 15 is 0 Å². The average Bonchev–Trinajstić information content (AvgIpc) is 2.27. The standard InChI is InChI=1S/C12H18N2O3/c1-4-10(8-17-3)13-11-5-9(2)6-12(7-11)14(15)16/h5-7,10,13H,4,8H2,1-3H3. The van der Waals surface area contributed by atoms with E-state index in [1.807, 2.05) is 19.9 Å². The van der Waals surface area contributed by atoms with Gasteiger partial charge in [0, 0.05) is 31.0 Å². The van der Waals surface area contributed by atoms with Crippen molar-refractivity contribution in [2.45, 2.75) is 26.3 Å². The molecule has 0 aromatic heterocycles. The van der Waals surface area contributed by atoms with Crippen LogP contribution in [0.2, 0.25) is 0 Å². The van der Waals surface area contributed by atoms with Crippen molar-refractivity contribution in [2.24, 2.45) is 0 Å². The summed E-state index contributed by atoms with van der Waals surface area (Å²) in [5.74, 6) is 0. The van der Waals surface area contributed by atoms with E-state index in [1.165, 1.54) is 0 Å². The Balaban J connectivity index is 2.86. The zero-order valence-corrected chi connectivity index (χ0v) is 10.4. The second-order valence-corrected chi connectivity index (χ2v) is 4.02. The van der Waals surface area contributed by atoms with Crippen LogP contribution in [0.25, 0.3) is 0 Å². The molecule has 0 spiro atoms. The number of methoxy groups -OCH3 is 1. The zero-order valence-electron chi connectivity index (χ0n) is 10.4. The number of non-ortho nitro benzene ring substituents is 1. The van der Waals surface area contributed by atoms with Gasteiger partial charge in [-0.25, -0.2) is 0 Å².